The maximum absolute atomic E-state index is 9.51. The van der Waals surface area contributed by atoms with E-state index in [0.717, 1.165) is 37.2 Å². The van der Waals surface area contributed by atoms with E-state index < -0.39 is 5.54 Å². The van der Waals surface area contributed by atoms with Gasteiger partial charge in [0.15, 0.2) is 0 Å². The van der Waals surface area contributed by atoms with E-state index in [4.69, 9.17) is 4.74 Å². The van der Waals surface area contributed by atoms with Gasteiger partial charge in [0.1, 0.15) is 5.54 Å². The fourth-order valence-electron chi connectivity index (χ4n) is 2.28. The van der Waals surface area contributed by atoms with E-state index in [1.54, 1.807) is 0 Å². The summed E-state index contributed by atoms with van der Waals surface area (Å²) in [5, 5.41) is 9.51. The van der Waals surface area contributed by atoms with Crippen LogP contribution in [0.3, 0.4) is 0 Å². The molecule has 96 valence electrons. The molecule has 1 aliphatic heterocycles. The first-order valence-electron chi connectivity index (χ1n) is 6.12. The molecule has 1 aromatic rings. The Morgan fingerprint density at radius 1 is 1.33 bits per heavy atom. The smallest absolute Gasteiger partial charge is 0.110 e. The second-order valence-electron chi connectivity index (χ2n) is 4.79. The number of ether oxygens (including phenoxy) is 1. The van der Waals surface area contributed by atoms with Crippen molar-refractivity contribution in [3.8, 4) is 6.07 Å². The van der Waals surface area contributed by atoms with Crippen LogP contribution in [0.2, 0.25) is 0 Å². The predicted molar refractivity (Wildman–Crippen MR) is 74.3 cm³/mol. The number of rotatable bonds is 3. The highest BCUT2D eigenvalue weighted by Crippen LogP contribution is 2.22. The van der Waals surface area contributed by atoms with Gasteiger partial charge in [0.05, 0.1) is 19.3 Å². The number of halogens is 1. The summed E-state index contributed by atoms with van der Waals surface area (Å²) in [5.41, 5.74) is 0.742. The highest BCUT2D eigenvalue weighted by molar-refractivity contribution is 9.10. The standard InChI is InChI=1S/C14H17BrN2O/c1-14(11-16,17-6-8-18-9-7-17)10-12-2-4-13(15)5-3-12/h2-5H,6-10H2,1H3. The van der Waals surface area contributed by atoms with E-state index in [1.807, 2.05) is 19.1 Å². The van der Waals surface area contributed by atoms with Crippen LogP contribution in [0.4, 0.5) is 0 Å². The molecular weight excluding hydrogens is 292 g/mol. The van der Waals surface area contributed by atoms with Gasteiger partial charge >= 0.3 is 0 Å². The van der Waals surface area contributed by atoms with Gasteiger partial charge in [-0.05, 0) is 24.6 Å². The van der Waals surface area contributed by atoms with Crippen molar-refractivity contribution in [2.24, 2.45) is 0 Å². The second kappa shape index (κ2) is 5.83. The van der Waals surface area contributed by atoms with E-state index in [2.05, 4.69) is 39.0 Å². The number of morpholine rings is 1. The fraction of sp³-hybridized carbons (Fsp3) is 0.500. The molecule has 0 aliphatic carbocycles. The normalized spacial score (nSPS) is 20.1. The first-order chi connectivity index (χ1) is 8.64. The lowest BCUT2D eigenvalue weighted by atomic mass is 9.92. The van der Waals surface area contributed by atoms with Crippen molar-refractivity contribution in [1.82, 2.24) is 4.90 Å². The van der Waals surface area contributed by atoms with Gasteiger partial charge in [0.2, 0.25) is 0 Å². The zero-order chi connectivity index (χ0) is 13.0. The van der Waals surface area contributed by atoms with E-state index in [0.29, 0.717) is 0 Å². The number of nitrogens with zero attached hydrogens (tertiary/aromatic N) is 2. The molecule has 1 aliphatic rings. The van der Waals surface area contributed by atoms with Crippen LogP contribution in [0, 0.1) is 11.3 Å². The molecule has 1 heterocycles. The molecule has 3 nitrogen and oxygen atoms in total. The maximum atomic E-state index is 9.51. The molecule has 1 aromatic carbocycles. The van der Waals surface area contributed by atoms with Crippen LogP contribution in [-0.4, -0.2) is 36.7 Å². The molecule has 4 heteroatoms. The molecule has 0 aromatic heterocycles. The lowest BCUT2D eigenvalue weighted by Gasteiger charge is -2.38. The van der Waals surface area contributed by atoms with Gasteiger partial charge in [-0.15, -0.1) is 0 Å². The zero-order valence-electron chi connectivity index (χ0n) is 10.5. The SMILES string of the molecule is CC(C#N)(Cc1ccc(Br)cc1)N1CCOCC1. The molecule has 18 heavy (non-hydrogen) atoms. The van der Waals surface area contributed by atoms with Crippen molar-refractivity contribution >= 4 is 15.9 Å². The minimum absolute atomic E-state index is 0.447. The van der Waals surface area contributed by atoms with E-state index >= 15 is 0 Å². The summed E-state index contributed by atoms with van der Waals surface area (Å²) in [4.78, 5) is 2.22. The highest BCUT2D eigenvalue weighted by atomic mass is 79.9. The average molecular weight is 309 g/mol. The van der Waals surface area contributed by atoms with Crippen LogP contribution >= 0.6 is 15.9 Å². The van der Waals surface area contributed by atoms with Gasteiger partial charge in [0, 0.05) is 24.0 Å². The Hall–Kier alpha value is -0.890. The molecule has 0 bridgehead atoms. The molecule has 2 rings (SSSR count). The van der Waals surface area contributed by atoms with Crippen LogP contribution in [0.5, 0.6) is 0 Å². The maximum Gasteiger partial charge on any atom is 0.110 e. The topological polar surface area (TPSA) is 36.3 Å². The Morgan fingerprint density at radius 2 is 1.94 bits per heavy atom. The van der Waals surface area contributed by atoms with Crippen molar-refractivity contribution in [3.05, 3.63) is 34.3 Å². The van der Waals surface area contributed by atoms with Crippen molar-refractivity contribution in [3.63, 3.8) is 0 Å². The summed E-state index contributed by atoms with van der Waals surface area (Å²) in [6, 6.07) is 10.6. The first-order valence-corrected chi connectivity index (χ1v) is 6.92. The first kappa shape index (κ1) is 13.5. The predicted octanol–water partition coefficient (Wildman–Crippen LogP) is 2.61. The minimum Gasteiger partial charge on any atom is -0.379 e. The number of nitriles is 1. The monoisotopic (exact) mass is 308 g/mol. The van der Waals surface area contributed by atoms with Crippen molar-refractivity contribution in [2.75, 3.05) is 26.3 Å². The Labute approximate surface area is 116 Å². The molecule has 0 amide bonds. The van der Waals surface area contributed by atoms with E-state index in [9.17, 15) is 5.26 Å². The number of benzene rings is 1. The lowest BCUT2D eigenvalue weighted by molar-refractivity contribution is 0.00189. The van der Waals surface area contributed by atoms with Gasteiger partial charge in [-0.1, -0.05) is 28.1 Å². The van der Waals surface area contributed by atoms with Crippen LogP contribution < -0.4 is 0 Å². The van der Waals surface area contributed by atoms with Crippen LogP contribution in [0.15, 0.2) is 28.7 Å². The summed E-state index contributed by atoms with van der Waals surface area (Å²) in [5.74, 6) is 0. The zero-order valence-corrected chi connectivity index (χ0v) is 12.1. The Bertz CT molecular complexity index is 434. The largest absolute Gasteiger partial charge is 0.379 e. The molecular formula is C14H17BrN2O. The molecule has 0 radical (unpaired) electrons. The van der Waals surface area contributed by atoms with Gasteiger partial charge in [-0.2, -0.15) is 5.26 Å². The Morgan fingerprint density at radius 3 is 2.50 bits per heavy atom. The van der Waals surface area contributed by atoms with Crippen molar-refractivity contribution in [2.45, 2.75) is 18.9 Å². The van der Waals surface area contributed by atoms with E-state index in [-0.39, 0.29) is 0 Å². The summed E-state index contributed by atoms with van der Waals surface area (Å²) < 4.78 is 6.41. The van der Waals surface area contributed by atoms with Crippen LogP contribution in [0.1, 0.15) is 12.5 Å². The van der Waals surface area contributed by atoms with Crippen molar-refractivity contribution < 1.29 is 4.74 Å². The third kappa shape index (κ3) is 3.11. The summed E-state index contributed by atoms with van der Waals surface area (Å²) >= 11 is 3.43. The van der Waals surface area contributed by atoms with Crippen LogP contribution in [-0.2, 0) is 11.2 Å². The fourth-order valence-corrected chi connectivity index (χ4v) is 2.54. The molecule has 0 saturated carbocycles. The average Bonchev–Trinajstić information content (AvgIpc) is 2.42. The van der Waals surface area contributed by atoms with Crippen LogP contribution in [0.25, 0.3) is 0 Å². The van der Waals surface area contributed by atoms with Gasteiger partial charge < -0.3 is 4.74 Å². The van der Waals surface area contributed by atoms with E-state index in [1.165, 1.54) is 5.56 Å². The number of hydrogen-bond donors (Lipinski definition) is 0. The summed E-state index contributed by atoms with van der Waals surface area (Å²) in [7, 11) is 0. The highest BCUT2D eigenvalue weighted by Gasteiger charge is 2.33. The Kier molecular flexibility index (Phi) is 4.39. The minimum atomic E-state index is -0.447. The molecule has 0 spiro atoms. The Balaban J connectivity index is 2.12. The van der Waals surface area contributed by atoms with Gasteiger partial charge in [0.25, 0.3) is 0 Å². The summed E-state index contributed by atoms with van der Waals surface area (Å²) in [6.07, 6.45) is 0.747. The molecule has 1 fully saturated rings. The third-order valence-electron chi connectivity index (χ3n) is 3.41. The molecule has 1 unspecified atom stereocenters. The van der Waals surface area contributed by atoms with Gasteiger partial charge in [-0.25, -0.2) is 0 Å². The molecule has 1 saturated heterocycles. The van der Waals surface area contributed by atoms with Gasteiger partial charge in [-0.3, -0.25) is 4.90 Å². The summed E-state index contributed by atoms with van der Waals surface area (Å²) in [6.45, 7) is 5.12. The third-order valence-corrected chi connectivity index (χ3v) is 3.94. The molecule has 0 N–H and O–H groups in total. The number of hydrogen-bond acceptors (Lipinski definition) is 3. The van der Waals surface area contributed by atoms with Crippen molar-refractivity contribution in [1.29, 1.82) is 5.26 Å². The molecule has 1 atom stereocenters. The lowest BCUT2D eigenvalue weighted by Crippen LogP contribution is -2.52. The quantitative estimate of drug-likeness (QED) is 0.861. The second-order valence-corrected chi connectivity index (χ2v) is 5.70.